The summed E-state index contributed by atoms with van der Waals surface area (Å²) < 4.78 is 44.1. The SMILES string of the molecule is COc1ccc2nccc(CCC[C@@H]3CCN(CCCCc4cccc(C(F)(F)F)c4)C[C@@H]3C(=O)O)c2c1. The topological polar surface area (TPSA) is 62.7 Å². The number of hydrogen-bond donors (Lipinski definition) is 1. The average molecular weight is 529 g/mol. The molecule has 0 radical (unpaired) electrons. The molecular weight excluding hydrogens is 493 g/mol. The first-order valence-corrected chi connectivity index (χ1v) is 13.3. The van der Waals surface area contributed by atoms with Crippen LogP contribution < -0.4 is 4.74 Å². The number of piperidine rings is 1. The molecule has 1 fully saturated rings. The molecule has 0 amide bonds. The molecular formula is C30H35F3N2O3. The van der Waals surface area contributed by atoms with E-state index < -0.39 is 23.6 Å². The number of aliphatic carboxylic acids is 1. The molecule has 1 aromatic heterocycles. The number of likely N-dealkylation sites (tertiary alicyclic amines) is 1. The molecule has 0 bridgehead atoms. The van der Waals surface area contributed by atoms with E-state index in [1.807, 2.05) is 30.5 Å². The molecule has 5 nitrogen and oxygen atoms in total. The number of nitrogens with zero attached hydrogens (tertiary/aromatic N) is 2. The Morgan fingerprint density at radius 2 is 1.95 bits per heavy atom. The zero-order valence-corrected chi connectivity index (χ0v) is 21.7. The molecule has 38 heavy (non-hydrogen) atoms. The Kier molecular flexibility index (Phi) is 9.26. The Labute approximate surface area is 221 Å². The normalized spacial score (nSPS) is 18.5. The highest BCUT2D eigenvalue weighted by atomic mass is 19.4. The molecule has 1 aliphatic heterocycles. The molecule has 1 aliphatic rings. The van der Waals surface area contributed by atoms with E-state index in [1.165, 1.54) is 17.7 Å². The molecule has 3 aromatic rings. The van der Waals surface area contributed by atoms with Crippen molar-refractivity contribution in [3.05, 3.63) is 71.4 Å². The van der Waals surface area contributed by atoms with Crippen molar-refractivity contribution < 1.29 is 27.8 Å². The number of halogens is 3. The van der Waals surface area contributed by atoms with Crippen molar-refractivity contribution in [2.45, 2.75) is 51.1 Å². The maximum atomic E-state index is 12.9. The third kappa shape index (κ3) is 7.25. The standard InChI is InChI=1S/C30H35F3N2O3/c1-38-25-11-12-28-26(19-25)22(13-15-34-28)8-5-9-23-14-17-35(20-27(23)29(36)37)16-3-2-6-21-7-4-10-24(18-21)30(31,32)33/h4,7,10-13,15,18-19,23,27H,2-3,5-6,8-9,14,16-17,20H2,1H3,(H,36,37)/t23-,27+/m1/s1. The molecule has 8 heteroatoms. The van der Waals surface area contributed by atoms with Gasteiger partial charge in [0.1, 0.15) is 5.75 Å². The number of carboxylic acids is 1. The first-order valence-electron chi connectivity index (χ1n) is 13.3. The van der Waals surface area contributed by atoms with Gasteiger partial charge in [0.05, 0.1) is 24.1 Å². The highest BCUT2D eigenvalue weighted by Gasteiger charge is 2.34. The smallest absolute Gasteiger partial charge is 0.416 e. The summed E-state index contributed by atoms with van der Waals surface area (Å²) >= 11 is 0. The van der Waals surface area contributed by atoms with E-state index in [9.17, 15) is 23.1 Å². The van der Waals surface area contributed by atoms with Gasteiger partial charge in [-0.3, -0.25) is 9.78 Å². The Hall–Kier alpha value is -3.13. The van der Waals surface area contributed by atoms with Gasteiger partial charge in [0.25, 0.3) is 0 Å². The Morgan fingerprint density at radius 1 is 1.11 bits per heavy atom. The zero-order valence-electron chi connectivity index (χ0n) is 21.7. The first kappa shape index (κ1) is 27.9. The minimum absolute atomic E-state index is 0.136. The summed E-state index contributed by atoms with van der Waals surface area (Å²) in [6.45, 7) is 2.15. The minimum Gasteiger partial charge on any atom is -0.497 e. The second-order valence-electron chi connectivity index (χ2n) is 10.2. The maximum Gasteiger partial charge on any atom is 0.416 e. The fraction of sp³-hybridized carbons (Fsp3) is 0.467. The number of aromatic nitrogens is 1. The van der Waals surface area contributed by atoms with Gasteiger partial charge < -0.3 is 14.7 Å². The summed E-state index contributed by atoms with van der Waals surface area (Å²) in [5.74, 6) is -0.222. The number of hydrogen-bond acceptors (Lipinski definition) is 4. The van der Waals surface area contributed by atoms with E-state index in [0.717, 1.165) is 74.3 Å². The second kappa shape index (κ2) is 12.6. The van der Waals surface area contributed by atoms with Crippen LogP contribution in [0, 0.1) is 11.8 Å². The quantitative estimate of drug-likeness (QED) is 0.283. The van der Waals surface area contributed by atoms with Gasteiger partial charge in [-0.15, -0.1) is 0 Å². The third-order valence-corrected chi connectivity index (χ3v) is 7.66. The lowest BCUT2D eigenvalue weighted by Gasteiger charge is -2.36. The van der Waals surface area contributed by atoms with Gasteiger partial charge in [0.15, 0.2) is 0 Å². The number of rotatable bonds is 11. The van der Waals surface area contributed by atoms with E-state index in [0.29, 0.717) is 18.5 Å². The van der Waals surface area contributed by atoms with E-state index in [4.69, 9.17) is 4.74 Å². The highest BCUT2D eigenvalue weighted by Crippen LogP contribution is 2.31. The Bertz CT molecular complexity index is 1230. The summed E-state index contributed by atoms with van der Waals surface area (Å²) in [4.78, 5) is 18.7. The molecule has 4 rings (SSSR count). The van der Waals surface area contributed by atoms with Crippen LogP contribution >= 0.6 is 0 Å². The van der Waals surface area contributed by atoms with Crippen LogP contribution in [0.3, 0.4) is 0 Å². The van der Waals surface area contributed by atoms with Crippen molar-refractivity contribution in [1.82, 2.24) is 9.88 Å². The largest absolute Gasteiger partial charge is 0.497 e. The van der Waals surface area contributed by atoms with Crippen LogP contribution in [-0.4, -0.2) is 47.7 Å². The number of alkyl halides is 3. The number of carbonyl (C=O) groups is 1. The maximum absolute atomic E-state index is 12.9. The summed E-state index contributed by atoms with van der Waals surface area (Å²) in [6, 6.07) is 13.4. The molecule has 0 unspecified atom stereocenters. The van der Waals surface area contributed by atoms with Crippen molar-refractivity contribution in [2.75, 3.05) is 26.7 Å². The van der Waals surface area contributed by atoms with E-state index >= 15 is 0 Å². The van der Waals surface area contributed by atoms with Gasteiger partial charge >= 0.3 is 12.1 Å². The van der Waals surface area contributed by atoms with Crippen LogP contribution in [0.25, 0.3) is 10.9 Å². The van der Waals surface area contributed by atoms with Gasteiger partial charge in [-0.2, -0.15) is 13.2 Å². The molecule has 204 valence electrons. The number of fused-ring (bicyclic) bond motifs is 1. The van der Waals surface area contributed by atoms with Crippen LogP contribution in [0.1, 0.15) is 48.8 Å². The number of aryl methyl sites for hydroxylation is 2. The third-order valence-electron chi connectivity index (χ3n) is 7.66. The number of carboxylic acid groups (broad SMARTS) is 1. The van der Waals surface area contributed by atoms with Gasteiger partial charge in [-0.1, -0.05) is 18.2 Å². The van der Waals surface area contributed by atoms with Crippen LogP contribution in [0.4, 0.5) is 13.2 Å². The summed E-state index contributed by atoms with van der Waals surface area (Å²) in [5, 5.41) is 11.0. The number of ether oxygens (including phenoxy) is 1. The summed E-state index contributed by atoms with van der Waals surface area (Å²) in [5.41, 5.74) is 2.19. The van der Waals surface area contributed by atoms with Crippen molar-refractivity contribution >= 4 is 16.9 Å². The Balaban J connectivity index is 1.25. The predicted octanol–water partition coefficient (Wildman–Crippen LogP) is 6.63. The fourth-order valence-electron chi connectivity index (χ4n) is 5.55. The molecule has 2 aromatic carbocycles. The second-order valence-corrected chi connectivity index (χ2v) is 10.2. The minimum atomic E-state index is -4.33. The van der Waals surface area contributed by atoms with Gasteiger partial charge in [-0.25, -0.2) is 0 Å². The lowest BCUT2D eigenvalue weighted by atomic mass is 9.81. The van der Waals surface area contributed by atoms with Crippen molar-refractivity contribution in [3.8, 4) is 5.75 Å². The molecule has 0 saturated carbocycles. The lowest BCUT2D eigenvalue weighted by molar-refractivity contribution is -0.146. The van der Waals surface area contributed by atoms with Crippen molar-refractivity contribution in [2.24, 2.45) is 11.8 Å². The predicted molar refractivity (Wildman–Crippen MR) is 141 cm³/mol. The lowest BCUT2D eigenvalue weighted by Crippen LogP contribution is -2.44. The molecule has 1 saturated heterocycles. The van der Waals surface area contributed by atoms with Gasteiger partial charge in [0, 0.05) is 18.1 Å². The van der Waals surface area contributed by atoms with Gasteiger partial charge in [0.2, 0.25) is 0 Å². The summed E-state index contributed by atoms with van der Waals surface area (Å²) in [7, 11) is 1.64. The fourth-order valence-corrected chi connectivity index (χ4v) is 5.55. The van der Waals surface area contributed by atoms with Crippen LogP contribution in [-0.2, 0) is 23.8 Å². The van der Waals surface area contributed by atoms with E-state index in [2.05, 4.69) is 9.88 Å². The number of pyridine rings is 1. The van der Waals surface area contributed by atoms with Crippen LogP contribution in [0.15, 0.2) is 54.7 Å². The number of benzene rings is 2. The highest BCUT2D eigenvalue weighted by molar-refractivity contribution is 5.83. The Morgan fingerprint density at radius 3 is 2.71 bits per heavy atom. The average Bonchev–Trinajstić information content (AvgIpc) is 2.91. The van der Waals surface area contributed by atoms with Gasteiger partial charge in [-0.05, 0) is 105 Å². The van der Waals surface area contributed by atoms with Crippen molar-refractivity contribution in [1.29, 1.82) is 0 Å². The van der Waals surface area contributed by atoms with E-state index in [1.54, 1.807) is 13.2 Å². The molecule has 2 atom stereocenters. The molecule has 1 N–H and O–H groups in total. The molecule has 2 heterocycles. The number of methoxy groups -OCH3 is 1. The molecule has 0 spiro atoms. The van der Waals surface area contributed by atoms with Crippen LogP contribution in [0.2, 0.25) is 0 Å². The molecule has 0 aliphatic carbocycles. The first-order chi connectivity index (χ1) is 18.2. The summed E-state index contributed by atoms with van der Waals surface area (Å²) in [6.07, 6.45) is 3.12. The zero-order chi connectivity index (χ0) is 27.1. The number of unbranched alkanes of at least 4 members (excludes halogenated alkanes) is 1. The van der Waals surface area contributed by atoms with Crippen molar-refractivity contribution in [3.63, 3.8) is 0 Å². The van der Waals surface area contributed by atoms with E-state index in [-0.39, 0.29) is 5.92 Å². The monoisotopic (exact) mass is 528 g/mol. The van der Waals surface area contributed by atoms with Crippen LogP contribution in [0.5, 0.6) is 5.75 Å².